The van der Waals surface area contributed by atoms with Crippen molar-refractivity contribution >= 4 is 68.8 Å². The number of hydrogen-bond donors (Lipinski definition) is 1. The minimum absolute atomic E-state index is 0.111. The van der Waals surface area contributed by atoms with E-state index in [2.05, 4.69) is 4.85 Å². The quantitative estimate of drug-likeness (QED) is 0.506. The van der Waals surface area contributed by atoms with Crippen LogP contribution in [-0.2, 0) is 0 Å². The number of hydrogen-bond acceptors (Lipinski definition) is 2. The van der Waals surface area contributed by atoms with E-state index in [0.29, 0.717) is 29.7 Å². The molecule has 0 bridgehead atoms. The van der Waals surface area contributed by atoms with Gasteiger partial charge >= 0.3 is 5.97 Å². The number of rotatable bonds is 2. The van der Waals surface area contributed by atoms with E-state index in [1.54, 1.807) is 12.1 Å². The Hall–Kier alpha value is -0.810. The van der Waals surface area contributed by atoms with Crippen LogP contribution in [0, 0.1) is 9.46 Å². The zero-order valence-electron chi connectivity index (χ0n) is 9.08. The van der Waals surface area contributed by atoms with Crippen molar-refractivity contribution in [3.63, 3.8) is 0 Å². The van der Waals surface area contributed by atoms with Gasteiger partial charge in [0.15, 0.2) is 0 Å². The third-order valence-corrected chi connectivity index (χ3v) is 5.02. The van der Waals surface area contributed by atoms with Gasteiger partial charge in [-0.3, -0.25) is 0 Å². The molecule has 0 saturated carbocycles. The van der Waals surface area contributed by atoms with Crippen LogP contribution >= 0.6 is 57.1 Å². The summed E-state index contributed by atoms with van der Waals surface area (Å²) in [7, 11) is 0. The lowest BCUT2D eigenvalue weighted by Crippen LogP contribution is -1.94. The molecule has 0 spiro atoms. The molecular formula is C12H4Cl2INO2S. The van der Waals surface area contributed by atoms with Crippen LogP contribution in [0.3, 0.4) is 0 Å². The van der Waals surface area contributed by atoms with Gasteiger partial charge < -0.3 is 5.11 Å². The molecule has 96 valence electrons. The smallest absolute Gasteiger partial charge is 0.345 e. The van der Waals surface area contributed by atoms with Crippen molar-refractivity contribution in [3.05, 3.63) is 47.4 Å². The molecule has 2 rings (SSSR count). The van der Waals surface area contributed by atoms with Gasteiger partial charge in [0.05, 0.1) is 9.46 Å². The topological polar surface area (TPSA) is 41.7 Å². The van der Waals surface area contributed by atoms with E-state index in [4.69, 9.17) is 29.8 Å². The number of carboxylic acids is 1. The van der Waals surface area contributed by atoms with Crippen LogP contribution in [0.15, 0.2) is 18.2 Å². The second-order valence-electron chi connectivity index (χ2n) is 3.47. The molecule has 7 heteroatoms. The first kappa shape index (κ1) is 14.6. The Kier molecular flexibility index (Phi) is 4.36. The molecule has 0 radical (unpaired) electrons. The summed E-state index contributed by atoms with van der Waals surface area (Å²) in [6.45, 7) is 7.21. The molecule has 0 atom stereocenters. The van der Waals surface area contributed by atoms with Crippen LogP contribution in [0.2, 0.25) is 10.0 Å². The number of carboxylic acid groups (broad SMARTS) is 1. The van der Waals surface area contributed by atoms with Gasteiger partial charge in [-0.25, -0.2) is 9.64 Å². The van der Waals surface area contributed by atoms with Gasteiger partial charge in [-0.1, -0.05) is 29.3 Å². The molecule has 3 nitrogen and oxygen atoms in total. The standard InChI is InChI=1S/C12H4Cl2INO2S/c1-16-9-8(10(12(17)18)19-11(9)15)6-3-2-5(13)4-7(6)14/h2-4H,(H,17,18). The van der Waals surface area contributed by atoms with E-state index in [9.17, 15) is 9.90 Å². The van der Waals surface area contributed by atoms with Gasteiger partial charge in [0, 0.05) is 15.6 Å². The minimum atomic E-state index is -1.07. The van der Waals surface area contributed by atoms with Crippen LogP contribution in [-0.4, -0.2) is 11.1 Å². The maximum absolute atomic E-state index is 11.3. The average Bonchev–Trinajstić information content (AvgIpc) is 2.66. The molecule has 0 aliphatic rings. The third-order valence-electron chi connectivity index (χ3n) is 2.35. The zero-order valence-corrected chi connectivity index (χ0v) is 13.6. The van der Waals surface area contributed by atoms with E-state index in [1.807, 2.05) is 22.6 Å². The van der Waals surface area contributed by atoms with E-state index < -0.39 is 5.97 Å². The second-order valence-corrected chi connectivity index (χ2v) is 7.14. The summed E-state index contributed by atoms with van der Waals surface area (Å²) in [5.74, 6) is -1.07. The summed E-state index contributed by atoms with van der Waals surface area (Å²) in [6.07, 6.45) is 0. The maximum atomic E-state index is 11.3. The monoisotopic (exact) mass is 423 g/mol. The third kappa shape index (κ3) is 2.72. The van der Waals surface area contributed by atoms with Crippen LogP contribution in [0.4, 0.5) is 5.69 Å². The lowest BCUT2D eigenvalue weighted by atomic mass is 10.1. The summed E-state index contributed by atoms with van der Waals surface area (Å²) in [4.78, 5) is 14.8. The Labute approximate surface area is 136 Å². The van der Waals surface area contributed by atoms with Crippen molar-refractivity contribution in [1.82, 2.24) is 0 Å². The summed E-state index contributed by atoms with van der Waals surface area (Å²) in [6, 6.07) is 4.78. The molecule has 1 N–H and O–H groups in total. The Morgan fingerprint density at radius 2 is 2.11 bits per heavy atom. The first-order valence-electron chi connectivity index (χ1n) is 4.84. The van der Waals surface area contributed by atoms with Gasteiger partial charge in [0.25, 0.3) is 0 Å². The van der Waals surface area contributed by atoms with E-state index >= 15 is 0 Å². The van der Waals surface area contributed by atoms with Gasteiger partial charge in [-0.15, -0.1) is 11.3 Å². The van der Waals surface area contributed by atoms with Crippen molar-refractivity contribution in [3.8, 4) is 11.1 Å². The van der Waals surface area contributed by atoms with Gasteiger partial charge in [0.1, 0.15) is 4.88 Å². The molecular weight excluding hydrogens is 420 g/mol. The van der Waals surface area contributed by atoms with Gasteiger partial charge in [-0.2, -0.15) is 0 Å². The fourth-order valence-corrected chi connectivity index (χ4v) is 3.96. The zero-order chi connectivity index (χ0) is 14.2. The fourth-order valence-electron chi connectivity index (χ4n) is 1.59. The highest BCUT2D eigenvalue weighted by Crippen LogP contribution is 2.46. The van der Waals surface area contributed by atoms with E-state index in [-0.39, 0.29) is 4.88 Å². The van der Waals surface area contributed by atoms with E-state index in [1.165, 1.54) is 6.07 Å². The highest BCUT2D eigenvalue weighted by atomic mass is 127. The SMILES string of the molecule is [C-]#[N+]c1c(I)sc(C(=O)O)c1-c1ccc(Cl)cc1Cl. The largest absolute Gasteiger partial charge is 0.477 e. The van der Waals surface area contributed by atoms with Crippen LogP contribution in [0.1, 0.15) is 9.67 Å². The normalized spacial score (nSPS) is 10.2. The van der Waals surface area contributed by atoms with Gasteiger partial charge in [-0.05, 0) is 40.3 Å². The summed E-state index contributed by atoms with van der Waals surface area (Å²) in [5.41, 5.74) is 1.18. The Bertz CT molecular complexity index is 721. The molecule has 0 aliphatic heterocycles. The van der Waals surface area contributed by atoms with E-state index in [0.717, 1.165) is 11.3 Å². The number of benzene rings is 1. The Morgan fingerprint density at radius 3 is 2.63 bits per heavy atom. The van der Waals surface area contributed by atoms with Crippen LogP contribution in [0.5, 0.6) is 0 Å². The molecule has 1 aromatic heterocycles. The first-order valence-corrected chi connectivity index (χ1v) is 7.49. The molecule has 0 saturated heterocycles. The van der Waals surface area contributed by atoms with Crippen molar-refractivity contribution in [2.24, 2.45) is 0 Å². The van der Waals surface area contributed by atoms with Crippen molar-refractivity contribution < 1.29 is 9.90 Å². The lowest BCUT2D eigenvalue weighted by Gasteiger charge is -2.05. The number of halogens is 3. The highest BCUT2D eigenvalue weighted by molar-refractivity contribution is 14.1. The van der Waals surface area contributed by atoms with Crippen LogP contribution < -0.4 is 0 Å². The number of carbonyl (C=O) groups is 1. The van der Waals surface area contributed by atoms with Crippen molar-refractivity contribution in [1.29, 1.82) is 0 Å². The number of aromatic carboxylic acids is 1. The van der Waals surface area contributed by atoms with Crippen LogP contribution in [0.25, 0.3) is 16.0 Å². The summed E-state index contributed by atoms with van der Waals surface area (Å²) >= 11 is 14.9. The van der Waals surface area contributed by atoms with Crippen molar-refractivity contribution in [2.75, 3.05) is 0 Å². The molecule has 0 unspecified atom stereocenters. The molecule has 0 amide bonds. The molecule has 19 heavy (non-hydrogen) atoms. The Balaban J connectivity index is 2.81. The molecule has 0 aliphatic carbocycles. The van der Waals surface area contributed by atoms with Crippen molar-refractivity contribution in [2.45, 2.75) is 0 Å². The minimum Gasteiger partial charge on any atom is -0.477 e. The maximum Gasteiger partial charge on any atom is 0.345 e. The first-order chi connectivity index (χ1) is 8.95. The molecule has 0 fully saturated rings. The summed E-state index contributed by atoms with van der Waals surface area (Å²) in [5, 5.41) is 10.0. The fraction of sp³-hybridized carbons (Fsp3) is 0. The van der Waals surface area contributed by atoms with Gasteiger partial charge in [0.2, 0.25) is 5.69 Å². The highest BCUT2D eigenvalue weighted by Gasteiger charge is 2.24. The predicted octanol–water partition coefficient (Wildman–Crippen LogP) is 5.58. The Morgan fingerprint density at radius 1 is 1.42 bits per heavy atom. The second kappa shape index (κ2) is 5.67. The average molecular weight is 424 g/mol. The molecule has 2 aromatic rings. The number of nitrogens with zero attached hydrogens (tertiary/aromatic N) is 1. The predicted molar refractivity (Wildman–Crippen MR) is 85.7 cm³/mol. The molecule has 1 aromatic carbocycles. The summed E-state index contributed by atoms with van der Waals surface area (Å²) < 4.78 is 0.631. The number of thiophene rings is 1. The molecule has 1 heterocycles. The lowest BCUT2D eigenvalue weighted by molar-refractivity contribution is 0.0703.